The molecule has 4 nitrogen and oxygen atoms in total. The highest BCUT2D eigenvalue weighted by Gasteiger charge is 2.33. The Balaban J connectivity index is 1.64. The van der Waals surface area contributed by atoms with Crippen LogP contribution in [0.15, 0.2) is 0 Å². The molecule has 3 rings (SSSR count). The highest BCUT2D eigenvalue weighted by molar-refractivity contribution is 6.04. The number of carbonyl (C=O) groups is 2. The number of aryl methyl sites for hydroxylation is 1. The van der Waals surface area contributed by atoms with E-state index in [1.807, 2.05) is 6.92 Å². The summed E-state index contributed by atoms with van der Waals surface area (Å²) in [6.07, 6.45) is 8.03. The Bertz CT molecular complexity index is 664. The molecule has 0 saturated heterocycles. The van der Waals surface area contributed by atoms with Crippen molar-refractivity contribution in [1.29, 1.82) is 0 Å². The number of hydrogen-bond acceptors (Lipinski definition) is 2. The second-order valence-corrected chi connectivity index (χ2v) is 8.62. The average molecular weight is 344 g/mol. The Morgan fingerprint density at radius 1 is 1.20 bits per heavy atom. The minimum atomic E-state index is -0.0436. The molecule has 1 aromatic heterocycles. The number of fused-ring (bicyclic) bond motifs is 1. The number of rotatable bonds is 4. The van der Waals surface area contributed by atoms with Crippen LogP contribution in [0.2, 0.25) is 0 Å². The van der Waals surface area contributed by atoms with E-state index in [1.54, 1.807) is 0 Å². The van der Waals surface area contributed by atoms with Crippen LogP contribution in [-0.4, -0.2) is 22.7 Å². The van der Waals surface area contributed by atoms with Gasteiger partial charge in [0.05, 0.1) is 0 Å². The van der Waals surface area contributed by atoms with Gasteiger partial charge in [0.25, 0.3) is 5.91 Å². The number of hydrogen-bond donors (Lipinski definition) is 2. The van der Waals surface area contributed by atoms with Gasteiger partial charge in [-0.15, -0.1) is 0 Å². The molecular formula is C21H32N2O2. The van der Waals surface area contributed by atoms with Crippen molar-refractivity contribution in [3.8, 4) is 0 Å². The maximum atomic E-state index is 12.7. The maximum absolute atomic E-state index is 12.7. The van der Waals surface area contributed by atoms with E-state index in [2.05, 4.69) is 31.1 Å². The standard InChI is InChI=1S/C21H32N2O2/c1-5-21(3,4)14-9-11-15(12-10-14)22-20(25)19-13(2)18-16(23-19)7-6-8-17(18)24/h14-15,23H,5-12H2,1-4H3,(H,22,25). The van der Waals surface area contributed by atoms with Gasteiger partial charge in [-0.05, 0) is 62.3 Å². The summed E-state index contributed by atoms with van der Waals surface area (Å²) in [6, 6.07) is 0.256. The molecule has 1 aromatic rings. The number of H-pyrrole nitrogens is 1. The molecule has 138 valence electrons. The third-order valence-electron chi connectivity index (χ3n) is 6.74. The van der Waals surface area contributed by atoms with Crippen LogP contribution < -0.4 is 5.32 Å². The summed E-state index contributed by atoms with van der Waals surface area (Å²) in [5.74, 6) is 0.886. The number of Topliss-reactive ketones (excluding diaryl/α,β-unsaturated/α-hetero) is 1. The number of ketones is 1. The predicted octanol–water partition coefficient (Wildman–Crippen LogP) is 4.57. The van der Waals surface area contributed by atoms with E-state index >= 15 is 0 Å². The molecule has 1 fully saturated rings. The average Bonchev–Trinajstić information content (AvgIpc) is 2.93. The lowest BCUT2D eigenvalue weighted by Gasteiger charge is -2.39. The molecular weight excluding hydrogens is 312 g/mol. The van der Waals surface area contributed by atoms with Crippen molar-refractivity contribution in [2.24, 2.45) is 11.3 Å². The van der Waals surface area contributed by atoms with Gasteiger partial charge >= 0.3 is 0 Å². The number of nitrogens with one attached hydrogen (secondary N) is 2. The molecule has 0 radical (unpaired) electrons. The van der Waals surface area contributed by atoms with Gasteiger partial charge in [-0.2, -0.15) is 0 Å². The first-order valence-corrected chi connectivity index (χ1v) is 9.89. The number of carbonyl (C=O) groups excluding carboxylic acids is 2. The minimum Gasteiger partial charge on any atom is -0.354 e. The second kappa shape index (κ2) is 6.97. The zero-order chi connectivity index (χ0) is 18.2. The summed E-state index contributed by atoms with van der Waals surface area (Å²) in [4.78, 5) is 28.1. The lowest BCUT2D eigenvalue weighted by Crippen LogP contribution is -2.40. The van der Waals surface area contributed by atoms with Crippen LogP contribution >= 0.6 is 0 Å². The predicted molar refractivity (Wildman–Crippen MR) is 100 cm³/mol. The highest BCUT2D eigenvalue weighted by atomic mass is 16.2. The lowest BCUT2D eigenvalue weighted by molar-refractivity contribution is 0.0888. The van der Waals surface area contributed by atoms with Gasteiger partial charge in [0, 0.05) is 23.7 Å². The normalized spacial score (nSPS) is 24.1. The summed E-state index contributed by atoms with van der Waals surface area (Å²) >= 11 is 0. The molecule has 0 aromatic carbocycles. The fraction of sp³-hybridized carbons (Fsp3) is 0.714. The van der Waals surface area contributed by atoms with Crippen molar-refractivity contribution < 1.29 is 9.59 Å². The molecule has 0 spiro atoms. The molecule has 0 aliphatic heterocycles. The molecule has 1 amide bonds. The van der Waals surface area contributed by atoms with Crippen molar-refractivity contribution in [2.45, 2.75) is 85.1 Å². The first kappa shape index (κ1) is 18.2. The Labute approximate surface area is 151 Å². The summed E-state index contributed by atoms with van der Waals surface area (Å²) in [5.41, 5.74) is 3.54. The van der Waals surface area contributed by atoms with E-state index < -0.39 is 0 Å². The van der Waals surface area contributed by atoms with Gasteiger partial charge in [-0.1, -0.05) is 27.2 Å². The monoisotopic (exact) mass is 344 g/mol. The zero-order valence-corrected chi connectivity index (χ0v) is 16.1. The topological polar surface area (TPSA) is 62.0 Å². The van der Waals surface area contributed by atoms with Crippen LogP contribution in [0, 0.1) is 18.3 Å². The van der Waals surface area contributed by atoms with Crippen LogP contribution in [-0.2, 0) is 6.42 Å². The van der Waals surface area contributed by atoms with Crippen LogP contribution in [0.4, 0.5) is 0 Å². The largest absolute Gasteiger partial charge is 0.354 e. The van der Waals surface area contributed by atoms with Crippen molar-refractivity contribution in [1.82, 2.24) is 10.3 Å². The van der Waals surface area contributed by atoms with Gasteiger partial charge in [-0.25, -0.2) is 0 Å². The van der Waals surface area contributed by atoms with Gasteiger partial charge in [-0.3, -0.25) is 9.59 Å². The van der Waals surface area contributed by atoms with Gasteiger partial charge in [0.1, 0.15) is 5.69 Å². The van der Waals surface area contributed by atoms with E-state index in [4.69, 9.17) is 0 Å². The maximum Gasteiger partial charge on any atom is 0.268 e. The first-order chi connectivity index (χ1) is 11.8. The molecule has 1 heterocycles. The smallest absolute Gasteiger partial charge is 0.268 e. The Hall–Kier alpha value is -1.58. The molecule has 0 bridgehead atoms. The molecule has 1 saturated carbocycles. The first-order valence-electron chi connectivity index (χ1n) is 9.89. The molecule has 0 atom stereocenters. The Morgan fingerprint density at radius 3 is 2.48 bits per heavy atom. The highest BCUT2D eigenvalue weighted by Crippen LogP contribution is 2.40. The van der Waals surface area contributed by atoms with Gasteiger partial charge in [0.2, 0.25) is 0 Å². The molecule has 2 aliphatic carbocycles. The summed E-state index contributed by atoms with van der Waals surface area (Å²) in [5, 5.41) is 3.21. The third-order valence-corrected chi connectivity index (χ3v) is 6.74. The summed E-state index contributed by atoms with van der Waals surface area (Å²) in [6.45, 7) is 8.89. The van der Waals surface area contributed by atoms with Crippen molar-refractivity contribution >= 4 is 11.7 Å². The quantitative estimate of drug-likeness (QED) is 0.840. The van der Waals surface area contributed by atoms with E-state index in [9.17, 15) is 9.59 Å². The number of amides is 1. The van der Waals surface area contributed by atoms with Gasteiger partial charge in [0.15, 0.2) is 5.78 Å². The van der Waals surface area contributed by atoms with Gasteiger partial charge < -0.3 is 10.3 Å². The van der Waals surface area contributed by atoms with Crippen LogP contribution in [0.5, 0.6) is 0 Å². The molecule has 2 aliphatic rings. The van der Waals surface area contributed by atoms with Crippen molar-refractivity contribution in [3.63, 3.8) is 0 Å². The van der Waals surface area contributed by atoms with E-state index in [0.717, 1.165) is 48.4 Å². The zero-order valence-electron chi connectivity index (χ0n) is 16.1. The fourth-order valence-corrected chi connectivity index (χ4v) is 4.57. The fourth-order valence-electron chi connectivity index (χ4n) is 4.57. The molecule has 0 unspecified atom stereocenters. The summed E-state index contributed by atoms with van der Waals surface area (Å²) < 4.78 is 0. The minimum absolute atomic E-state index is 0.0436. The Kier molecular flexibility index (Phi) is 5.08. The number of aromatic nitrogens is 1. The third kappa shape index (κ3) is 3.54. The van der Waals surface area contributed by atoms with Crippen LogP contribution in [0.25, 0.3) is 0 Å². The van der Waals surface area contributed by atoms with E-state index in [1.165, 1.54) is 19.3 Å². The molecule has 4 heteroatoms. The second-order valence-electron chi connectivity index (χ2n) is 8.62. The number of aromatic amines is 1. The summed E-state index contributed by atoms with van der Waals surface area (Å²) in [7, 11) is 0. The molecule has 25 heavy (non-hydrogen) atoms. The van der Waals surface area contributed by atoms with E-state index in [0.29, 0.717) is 17.5 Å². The van der Waals surface area contributed by atoms with Crippen LogP contribution in [0.1, 0.15) is 97.8 Å². The van der Waals surface area contributed by atoms with Crippen molar-refractivity contribution in [3.05, 3.63) is 22.5 Å². The lowest BCUT2D eigenvalue weighted by atomic mass is 9.69. The van der Waals surface area contributed by atoms with E-state index in [-0.39, 0.29) is 17.7 Å². The SMILES string of the molecule is CCC(C)(C)C1CCC(NC(=O)c2[nH]c3c(c2C)C(=O)CCC3)CC1. The van der Waals surface area contributed by atoms with Crippen molar-refractivity contribution in [2.75, 3.05) is 0 Å². The Morgan fingerprint density at radius 2 is 1.88 bits per heavy atom. The molecule has 2 N–H and O–H groups in total. The van der Waals surface area contributed by atoms with Crippen LogP contribution in [0.3, 0.4) is 0 Å².